The number of ether oxygens (including phenoxy) is 1. The van der Waals surface area contributed by atoms with E-state index in [4.69, 9.17) is 20.8 Å². The van der Waals surface area contributed by atoms with E-state index in [1.807, 2.05) is 0 Å². The predicted molar refractivity (Wildman–Crippen MR) is 110 cm³/mol. The standard InChI is InChI=1S/C22H17ClFN3O3/c23-16-4-2-6-18(12-16)29-14-19-7-8-20(30-19)22(28)25-21-9-10-27(26-21)13-15-3-1-5-17(24)11-15/h1-12H,13-14H2,(H,25,26,28). The number of furan rings is 1. The molecule has 1 N–H and O–H groups in total. The number of rotatable bonds is 7. The van der Waals surface area contributed by atoms with Gasteiger partial charge in [0.25, 0.3) is 5.91 Å². The summed E-state index contributed by atoms with van der Waals surface area (Å²) in [5.74, 6) is 0.871. The van der Waals surface area contributed by atoms with E-state index in [2.05, 4.69) is 10.4 Å². The van der Waals surface area contributed by atoms with Gasteiger partial charge in [0.15, 0.2) is 11.6 Å². The fourth-order valence-electron chi connectivity index (χ4n) is 2.81. The number of carbonyl (C=O) groups excluding carboxylic acids is 1. The number of amides is 1. The van der Waals surface area contributed by atoms with Crippen LogP contribution >= 0.6 is 11.6 Å². The minimum atomic E-state index is -0.431. The summed E-state index contributed by atoms with van der Waals surface area (Å²) >= 11 is 5.92. The van der Waals surface area contributed by atoms with Crippen LogP contribution in [-0.2, 0) is 13.2 Å². The van der Waals surface area contributed by atoms with Gasteiger partial charge in [-0.15, -0.1) is 0 Å². The monoisotopic (exact) mass is 425 g/mol. The van der Waals surface area contributed by atoms with Crippen LogP contribution in [0.2, 0.25) is 5.02 Å². The van der Waals surface area contributed by atoms with Crippen LogP contribution in [0.4, 0.5) is 10.2 Å². The lowest BCUT2D eigenvalue weighted by Crippen LogP contribution is -2.12. The number of aromatic nitrogens is 2. The number of halogens is 2. The van der Waals surface area contributed by atoms with Gasteiger partial charge in [-0.05, 0) is 48.0 Å². The maximum Gasteiger partial charge on any atom is 0.292 e. The topological polar surface area (TPSA) is 69.3 Å². The molecule has 0 unspecified atom stereocenters. The van der Waals surface area contributed by atoms with E-state index in [9.17, 15) is 9.18 Å². The third-order valence-corrected chi connectivity index (χ3v) is 4.41. The molecule has 0 saturated heterocycles. The highest BCUT2D eigenvalue weighted by molar-refractivity contribution is 6.30. The Hall–Kier alpha value is -3.58. The Morgan fingerprint density at radius 1 is 1.13 bits per heavy atom. The first-order valence-corrected chi connectivity index (χ1v) is 9.49. The number of nitrogens with one attached hydrogen (secondary N) is 1. The lowest BCUT2D eigenvalue weighted by molar-refractivity contribution is 0.0992. The molecule has 152 valence electrons. The molecule has 2 heterocycles. The van der Waals surface area contributed by atoms with Crippen molar-refractivity contribution >= 4 is 23.3 Å². The van der Waals surface area contributed by atoms with Gasteiger partial charge < -0.3 is 14.5 Å². The molecule has 2 aromatic heterocycles. The van der Waals surface area contributed by atoms with Crippen molar-refractivity contribution in [1.82, 2.24) is 9.78 Å². The molecule has 0 aliphatic carbocycles. The zero-order valence-corrected chi connectivity index (χ0v) is 16.5. The molecule has 0 bridgehead atoms. The van der Waals surface area contributed by atoms with Crippen molar-refractivity contribution in [1.29, 1.82) is 0 Å². The van der Waals surface area contributed by atoms with Crippen molar-refractivity contribution in [2.24, 2.45) is 0 Å². The van der Waals surface area contributed by atoms with Gasteiger partial charge in [0.1, 0.15) is 23.9 Å². The molecular weight excluding hydrogens is 409 g/mol. The van der Waals surface area contributed by atoms with Crippen LogP contribution in [0.25, 0.3) is 0 Å². The van der Waals surface area contributed by atoms with Crippen molar-refractivity contribution in [3.8, 4) is 5.75 Å². The second-order valence-electron chi connectivity index (χ2n) is 6.49. The zero-order valence-electron chi connectivity index (χ0n) is 15.7. The second kappa shape index (κ2) is 8.84. The summed E-state index contributed by atoms with van der Waals surface area (Å²) in [6, 6.07) is 18.2. The fraction of sp³-hybridized carbons (Fsp3) is 0.0909. The molecule has 0 atom stereocenters. The van der Waals surface area contributed by atoms with Gasteiger partial charge >= 0.3 is 0 Å². The number of nitrogens with zero attached hydrogens (tertiary/aromatic N) is 2. The molecule has 0 radical (unpaired) electrons. The van der Waals surface area contributed by atoms with E-state index < -0.39 is 5.91 Å². The maximum atomic E-state index is 13.3. The summed E-state index contributed by atoms with van der Waals surface area (Å²) < 4.78 is 26.0. The van der Waals surface area contributed by atoms with E-state index in [0.29, 0.717) is 28.9 Å². The summed E-state index contributed by atoms with van der Waals surface area (Å²) in [4.78, 5) is 12.4. The van der Waals surface area contributed by atoms with Crippen molar-refractivity contribution < 1.29 is 18.3 Å². The highest BCUT2D eigenvalue weighted by Crippen LogP contribution is 2.19. The van der Waals surface area contributed by atoms with Crippen molar-refractivity contribution in [3.05, 3.63) is 101 Å². The molecule has 4 rings (SSSR count). The lowest BCUT2D eigenvalue weighted by Gasteiger charge is -2.04. The van der Waals surface area contributed by atoms with Crippen LogP contribution in [0.5, 0.6) is 5.75 Å². The summed E-state index contributed by atoms with van der Waals surface area (Å²) in [5.41, 5.74) is 0.770. The van der Waals surface area contributed by atoms with Crippen molar-refractivity contribution in [2.45, 2.75) is 13.2 Å². The number of carbonyl (C=O) groups is 1. The minimum absolute atomic E-state index is 0.138. The molecule has 6 nitrogen and oxygen atoms in total. The van der Waals surface area contributed by atoms with E-state index in [1.165, 1.54) is 12.1 Å². The van der Waals surface area contributed by atoms with E-state index >= 15 is 0 Å². The molecule has 0 aliphatic rings. The van der Waals surface area contributed by atoms with Crippen molar-refractivity contribution in [3.63, 3.8) is 0 Å². The lowest BCUT2D eigenvalue weighted by atomic mass is 10.2. The van der Waals surface area contributed by atoms with Crippen LogP contribution in [0, 0.1) is 5.82 Å². The molecule has 0 fully saturated rings. The van der Waals surface area contributed by atoms with E-state index in [0.717, 1.165) is 5.56 Å². The Bertz CT molecular complexity index is 1170. The molecule has 2 aromatic carbocycles. The summed E-state index contributed by atoms with van der Waals surface area (Å²) in [5, 5.41) is 7.52. The molecule has 4 aromatic rings. The van der Waals surface area contributed by atoms with Crippen LogP contribution in [0.15, 0.2) is 77.3 Å². The molecule has 8 heteroatoms. The fourth-order valence-corrected chi connectivity index (χ4v) is 2.99. The van der Waals surface area contributed by atoms with Gasteiger partial charge in [-0.2, -0.15) is 5.10 Å². The maximum absolute atomic E-state index is 13.3. The van der Waals surface area contributed by atoms with Crippen LogP contribution in [-0.4, -0.2) is 15.7 Å². The van der Waals surface area contributed by atoms with E-state index in [1.54, 1.807) is 65.5 Å². The minimum Gasteiger partial charge on any atom is -0.486 e. The average molecular weight is 426 g/mol. The highest BCUT2D eigenvalue weighted by Gasteiger charge is 2.13. The van der Waals surface area contributed by atoms with Gasteiger partial charge in [-0.3, -0.25) is 9.48 Å². The average Bonchev–Trinajstić information content (AvgIpc) is 3.36. The Morgan fingerprint density at radius 2 is 2.00 bits per heavy atom. The molecule has 0 aliphatic heterocycles. The number of hydrogen-bond acceptors (Lipinski definition) is 4. The summed E-state index contributed by atoms with van der Waals surface area (Å²) in [6.45, 7) is 0.551. The first-order chi connectivity index (χ1) is 14.5. The first-order valence-electron chi connectivity index (χ1n) is 9.11. The van der Waals surface area contributed by atoms with Gasteiger partial charge in [-0.25, -0.2) is 4.39 Å². The molecule has 1 amide bonds. The molecule has 0 saturated carbocycles. The number of benzene rings is 2. The third kappa shape index (κ3) is 5.07. The Balaban J connectivity index is 1.34. The van der Waals surface area contributed by atoms with Crippen molar-refractivity contribution in [2.75, 3.05) is 5.32 Å². The summed E-state index contributed by atoms with van der Waals surface area (Å²) in [6.07, 6.45) is 1.70. The van der Waals surface area contributed by atoms with Gasteiger partial charge in [-0.1, -0.05) is 29.8 Å². The Labute approximate surface area is 176 Å². The molecular formula is C22H17ClFN3O3. The van der Waals surface area contributed by atoms with Crippen LogP contribution in [0.1, 0.15) is 21.9 Å². The smallest absolute Gasteiger partial charge is 0.292 e. The largest absolute Gasteiger partial charge is 0.486 e. The predicted octanol–water partition coefficient (Wildman–Crippen LogP) is 5.15. The molecule has 0 spiro atoms. The number of anilines is 1. The third-order valence-electron chi connectivity index (χ3n) is 4.18. The Kier molecular flexibility index (Phi) is 5.81. The molecule has 30 heavy (non-hydrogen) atoms. The van der Waals surface area contributed by atoms with Crippen LogP contribution in [0.3, 0.4) is 0 Å². The summed E-state index contributed by atoms with van der Waals surface area (Å²) in [7, 11) is 0. The van der Waals surface area contributed by atoms with Gasteiger partial charge in [0.05, 0.1) is 6.54 Å². The van der Waals surface area contributed by atoms with E-state index in [-0.39, 0.29) is 18.2 Å². The normalized spacial score (nSPS) is 10.7. The number of hydrogen-bond donors (Lipinski definition) is 1. The SMILES string of the molecule is O=C(Nc1ccn(Cc2cccc(F)c2)n1)c1ccc(COc2cccc(Cl)c2)o1. The zero-order chi connectivity index (χ0) is 20.9. The Morgan fingerprint density at radius 3 is 2.83 bits per heavy atom. The first kappa shape index (κ1) is 19.7. The van der Waals surface area contributed by atoms with Crippen LogP contribution < -0.4 is 10.1 Å². The van der Waals surface area contributed by atoms with Gasteiger partial charge in [0, 0.05) is 17.3 Å². The second-order valence-corrected chi connectivity index (χ2v) is 6.93. The van der Waals surface area contributed by atoms with Gasteiger partial charge in [0.2, 0.25) is 0 Å². The highest BCUT2D eigenvalue weighted by atomic mass is 35.5. The quantitative estimate of drug-likeness (QED) is 0.444.